The fraction of sp³-hybridized carbons (Fsp3) is 0.0714. The first-order chi connectivity index (χ1) is 9.58. The van der Waals surface area contributed by atoms with Crippen LogP contribution in [0.5, 0.6) is 5.75 Å². The second kappa shape index (κ2) is 6.01. The molecule has 0 saturated heterocycles. The number of benzene rings is 2. The molecule has 0 saturated carbocycles. The third-order valence-corrected chi connectivity index (χ3v) is 2.51. The molecule has 0 bridgehead atoms. The van der Waals surface area contributed by atoms with Crippen molar-refractivity contribution in [1.82, 2.24) is 0 Å². The third-order valence-electron chi connectivity index (χ3n) is 2.51. The Morgan fingerprint density at radius 3 is 2.50 bits per heavy atom. The quantitative estimate of drug-likeness (QED) is 0.846. The summed E-state index contributed by atoms with van der Waals surface area (Å²) >= 11 is 0. The molecule has 0 heterocycles. The Balaban J connectivity index is 1.97. The lowest BCUT2D eigenvalue weighted by atomic mass is 10.2. The summed E-state index contributed by atoms with van der Waals surface area (Å²) in [6.07, 6.45) is -0.919. The topological polar surface area (TPSA) is 58.6 Å². The zero-order valence-electron chi connectivity index (χ0n) is 10.3. The van der Waals surface area contributed by atoms with Gasteiger partial charge in [-0.15, -0.1) is 0 Å². The Bertz CT molecular complexity index is 617. The highest BCUT2D eigenvalue weighted by atomic mass is 19.2. The lowest BCUT2D eigenvalue weighted by molar-refractivity contribution is 0.155. The van der Waals surface area contributed by atoms with Crippen molar-refractivity contribution >= 4 is 11.8 Å². The van der Waals surface area contributed by atoms with Gasteiger partial charge in [0.2, 0.25) is 5.82 Å². The molecule has 0 aromatic heterocycles. The second-order valence-corrected chi connectivity index (χ2v) is 3.95. The molecule has 2 aromatic carbocycles. The van der Waals surface area contributed by atoms with E-state index in [9.17, 15) is 13.6 Å². The maximum atomic E-state index is 13.4. The van der Waals surface area contributed by atoms with Crippen molar-refractivity contribution in [2.24, 2.45) is 0 Å². The number of amides is 1. The van der Waals surface area contributed by atoms with Gasteiger partial charge >= 0.3 is 6.09 Å². The van der Waals surface area contributed by atoms with E-state index in [1.807, 2.05) is 6.07 Å². The van der Waals surface area contributed by atoms with Gasteiger partial charge < -0.3 is 9.84 Å². The van der Waals surface area contributed by atoms with Crippen molar-refractivity contribution in [2.45, 2.75) is 6.61 Å². The summed E-state index contributed by atoms with van der Waals surface area (Å²) in [6.45, 7) is 0.00879. The number of ether oxygens (including phenoxy) is 1. The van der Waals surface area contributed by atoms with Crippen LogP contribution in [0.15, 0.2) is 42.5 Å². The molecule has 0 radical (unpaired) electrons. The Labute approximate surface area is 113 Å². The van der Waals surface area contributed by atoms with Gasteiger partial charge in [-0.25, -0.2) is 9.18 Å². The summed E-state index contributed by atoms with van der Waals surface area (Å²) in [5, 5.41) is 11.0. The van der Waals surface area contributed by atoms with Crippen LogP contribution < -0.4 is 5.32 Å². The molecule has 20 heavy (non-hydrogen) atoms. The zero-order chi connectivity index (χ0) is 14.5. The summed E-state index contributed by atoms with van der Waals surface area (Å²) in [5.41, 5.74) is 0.360. The first kappa shape index (κ1) is 13.8. The van der Waals surface area contributed by atoms with Crippen LogP contribution in [0.25, 0.3) is 0 Å². The number of anilines is 1. The van der Waals surface area contributed by atoms with Crippen molar-refractivity contribution in [1.29, 1.82) is 0 Å². The molecular formula is C14H11F2NO3. The van der Waals surface area contributed by atoms with E-state index in [-0.39, 0.29) is 6.61 Å². The van der Waals surface area contributed by atoms with Crippen molar-refractivity contribution in [3.05, 3.63) is 59.7 Å². The summed E-state index contributed by atoms with van der Waals surface area (Å²) in [4.78, 5) is 11.4. The van der Waals surface area contributed by atoms with Gasteiger partial charge in [-0.2, -0.15) is 4.39 Å². The first-order valence-electron chi connectivity index (χ1n) is 5.72. The molecule has 2 N–H and O–H groups in total. The molecule has 6 heteroatoms. The normalized spacial score (nSPS) is 10.1. The number of nitrogens with one attached hydrogen (secondary N) is 1. The minimum absolute atomic E-state index is 0.00879. The number of hydrogen-bond acceptors (Lipinski definition) is 3. The monoisotopic (exact) mass is 279 g/mol. The van der Waals surface area contributed by atoms with Gasteiger partial charge in [0.25, 0.3) is 0 Å². The average Bonchev–Trinajstić information content (AvgIpc) is 2.47. The number of carbonyl (C=O) groups excluding carboxylic acids is 1. The van der Waals surface area contributed by atoms with Gasteiger partial charge in [0.1, 0.15) is 6.61 Å². The molecule has 4 nitrogen and oxygen atoms in total. The standard InChI is InChI=1S/C14H11F2NO3/c15-12-10(6-7-11(18)13(12)16)17-14(19)20-8-9-4-2-1-3-5-9/h1-7,18H,8H2,(H,17,19). The lowest BCUT2D eigenvalue weighted by Gasteiger charge is -2.08. The highest BCUT2D eigenvalue weighted by Gasteiger charge is 2.15. The molecule has 0 aliphatic carbocycles. The van der Waals surface area contributed by atoms with Crippen molar-refractivity contribution in [2.75, 3.05) is 5.32 Å². The van der Waals surface area contributed by atoms with Gasteiger partial charge in [0, 0.05) is 0 Å². The van der Waals surface area contributed by atoms with Crippen molar-refractivity contribution in [3.8, 4) is 5.75 Å². The third kappa shape index (κ3) is 3.23. The van der Waals surface area contributed by atoms with Gasteiger partial charge in [-0.1, -0.05) is 30.3 Å². The van der Waals surface area contributed by atoms with Gasteiger partial charge in [-0.05, 0) is 17.7 Å². The maximum absolute atomic E-state index is 13.4. The van der Waals surface area contributed by atoms with Crippen LogP contribution in [0.2, 0.25) is 0 Å². The van der Waals surface area contributed by atoms with Crippen LogP contribution >= 0.6 is 0 Å². The maximum Gasteiger partial charge on any atom is 0.412 e. The molecule has 0 aliphatic rings. The first-order valence-corrected chi connectivity index (χ1v) is 5.72. The van der Waals surface area contributed by atoms with Gasteiger partial charge in [0.05, 0.1) is 5.69 Å². The SMILES string of the molecule is O=C(Nc1ccc(O)c(F)c1F)OCc1ccccc1. The van der Waals surface area contributed by atoms with Crippen molar-refractivity contribution in [3.63, 3.8) is 0 Å². The van der Waals surface area contributed by atoms with Gasteiger partial charge in [0.15, 0.2) is 11.6 Å². The molecule has 2 aromatic rings. The largest absolute Gasteiger partial charge is 0.505 e. The van der Waals surface area contributed by atoms with E-state index < -0.39 is 29.2 Å². The summed E-state index contributed by atoms with van der Waals surface area (Å²) in [7, 11) is 0. The average molecular weight is 279 g/mol. The van der Waals surface area contributed by atoms with E-state index in [0.29, 0.717) is 0 Å². The molecule has 1 amide bonds. The highest BCUT2D eigenvalue weighted by molar-refractivity contribution is 5.84. The Kier molecular flexibility index (Phi) is 4.14. The number of phenols is 1. The number of hydrogen-bond donors (Lipinski definition) is 2. The van der Waals surface area contributed by atoms with Crippen LogP contribution in [-0.2, 0) is 11.3 Å². The molecular weight excluding hydrogens is 268 g/mol. The fourth-order valence-electron chi connectivity index (χ4n) is 1.50. The number of aromatic hydroxyl groups is 1. The Morgan fingerprint density at radius 1 is 1.10 bits per heavy atom. The smallest absolute Gasteiger partial charge is 0.412 e. The molecule has 0 fully saturated rings. The number of phenolic OH excluding ortho intramolecular Hbond substituents is 1. The van der Waals surface area contributed by atoms with E-state index in [2.05, 4.69) is 5.32 Å². The van der Waals surface area contributed by atoms with E-state index in [4.69, 9.17) is 9.84 Å². The summed E-state index contributed by atoms with van der Waals surface area (Å²) in [6, 6.07) is 10.9. The number of carbonyl (C=O) groups is 1. The van der Waals surface area contributed by atoms with Crippen LogP contribution in [0.4, 0.5) is 19.3 Å². The van der Waals surface area contributed by atoms with Crippen molar-refractivity contribution < 1.29 is 23.4 Å². The molecule has 2 rings (SSSR count). The molecule has 0 atom stereocenters. The Hall–Kier alpha value is -2.63. The number of halogens is 2. The molecule has 0 unspecified atom stereocenters. The molecule has 0 spiro atoms. The lowest BCUT2D eigenvalue weighted by Crippen LogP contribution is -2.14. The van der Waals surface area contributed by atoms with E-state index >= 15 is 0 Å². The summed E-state index contributed by atoms with van der Waals surface area (Å²) < 4.78 is 31.3. The minimum atomic E-state index is -1.43. The Morgan fingerprint density at radius 2 is 1.80 bits per heavy atom. The van der Waals surface area contributed by atoms with E-state index in [0.717, 1.165) is 17.7 Å². The van der Waals surface area contributed by atoms with E-state index in [1.54, 1.807) is 24.3 Å². The minimum Gasteiger partial charge on any atom is -0.505 e. The predicted octanol–water partition coefficient (Wildman–Crippen LogP) is 3.42. The zero-order valence-corrected chi connectivity index (χ0v) is 10.3. The predicted molar refractivity (Wildman–Crippen MR) is 68.3 cm³/mol. The summed E-state index contributed by atoms with van der Waals surface area (Å²) in [5.74, 6) is -3.60. The number of rotatable bonds is 3. The van der Waals surface area contributed by atoms with E-state index in [1.165, 1.54) is 0 Å². The van der Waals surface area contributed by atoms with Crippen LogP contribution in [0.3, 0.4) is 0 Å². The second-order valence-electron chi connectivity index (χ2n) is 3.95. The van der Waals surface area contributed by atoms with Crippen LogP contribution in [-0.4, -0.2) is 11.2 Å². The van der Waals surface area contributed by atoms with Crippen LogP contribution in [0, 0.1) is 11.6 Å². The molecule has 104 valence electrons. The molecule has 0 aliphatic heterocycles. The fourth-order valence-corrected chi connectivity index (χ4v) is 1.50. The van der Waals surface area contributed by atoms with Crippen LogP contribution in [0.1, 0.15) is 5.56 Å². The van der Waals surface area contributed by atoms with Gasteiger partial charge in [-0.3, -0.25) is 5.32 Å². The highest BCUT2D eigenvalue weighted by Crippen LogP contribution is 2.24.